The molecule has 0 aromatic carbocycles. The van der Waals surface area contributed by atoms with Crippen molar-refractivity contribution < 1.29 is 29.0 Å². The first-order valence-electron chi connectivity index (χ1n) is 14.5. The Morgan fingerprint density at radius 3 is 1.57 bits per heavy atom. The molecule has 1 fully saturated rings. The molecule has 0 bridgehead atoms. The van der Waals surface area contributed by atoms with Crippen LogP contribution in [0, 0.1) is 5.92 Å². The predicted molar refractivity (Wildman–Crippen MR) is 147 cm³/mol. The van der Waals surface area contributed by atoms with E-state index in [0.717, 1.165) is 38.4 Å². The molecule has 1 atom stereocenters. The van der Waals surface area contributed by atoms with Gasteiger partial charge in [-0.25, -0.2) is 0 Å². The van der Waals surface area contributed by atoms with Crippen LogP contribution in [0.4, 0.5) is 0 Å². The van der Waals surface area contributed by atoms with E-state index in [1.54, 1.807) is 21.1 Å². The second kappa shape index (κ2) is 24.4. The van der Waals surface area contributed by atoms with Crippen molar-refractivity contribution in [3.05, 3.63) is 0 Å². The van der Waals surface area contributed by atoms with E-state index in [9.17, 15) is 19.2 Å². The maximum atomic E-state index is 12.4. The third kappa shape index (κ3) is 20.7. The molecule has 0 aromatic heterocycles. The largest absolute Gasteiger partial charge is 0.481 e. The summed E-state index contributed by atoms with van der Waals surface area (Å²) in [6.45, 7) is 2.94. The van der Waals surface area contributed by atoms with Gasteiger partial charge in [0.15, 0.2) is 0 Å². The van der Waals surface area contributed by atoms with Crippen molar-refractivity contribution in [1.29, 1.82) is 0 Å². The summed E-state index contributed by atoms with van der Waals surface area (Å²) >= 11 is 0. The van der Waals surface area contributed by atoms with Crippen LogP contribution < -0.4 is 5.32 Å². The van der Waals surface area contributed by atoms with Gasteiger partial charge in [-0.2, -0.15) is 0 Å². The lowest BCUT2D eigenvalue weighted by molar-refractivity contribution is -0.137. The maximum Gasteiger partial charge on any atom is 0.303 e. The Morgan fingerprint density at radius 2 is 1.19 bits per heavy atom. The molecule has 1 aliphatic rings. The first-order chi connectivity index (χ1) is 17.8. The Morgan fingerprint density at radius 1 is 0.811 bits per heavy atom. The fourth-order valence-corrected chi connectivity index (χ4v) is 4.60. The van der Waals surface area contributed by atoms with Crippen molar-refractivity contribution in [3.8, 4) is 0 Å². The topological polar surface area (TPSA) is 113 Å². The standard InChI is InChI=1S/C27H48N2O5.C2H6O/c1-23(22-30)28-27(34)24-18-20-29(21-19-24)25(31)16-14-12-10-8-6-4-2-3-5-7-9-11-13-15-17-26(32)33;1-3-2/h22-24H,2-21H2,1H3,(H,28,34)(H,32,33);1-2H3/t23-;/m1./s1. The number of hydrogen-bond donors (Lipinski definition) is 2. The van der Waals surface area contributed by atoms with Crippen LogP contribution in [0.1, 0.15) is 122 Å². The minimum atomic E-state index is -0.684. The van der Waals surface area contributed by atoms with Crippen molar-refractivity contribution in [2.45, 2.75) is 129 Å². The Bertz CT molecular complexity index is 605. The molecular formula is C29H54N2O6. The molecule has 37 heavy (non-hydrogen) atoms. The monoisotopic (exact) mass is 526 g/mol. The summed E-state index contributed by atoms with van der Waals surface area (Å²) in [5.41, 5.74) is 0. The number of nitrogens with zero attached hydrogens (tertiary/aromatic N) is 1. The molecule has 0 spiro atoms. The lowest BCUT2D eigenvalue weighted by Gasteiger charge is -2.31. The van der Waals surface area contributed by atoms with E-state index in [2.05, 4.69) is 10.1 Å². The number of carbonyl (C=O) groups is 4. The van der Waals surface area contributed by atoms with Crippen molar-refractivity contribution in [3.63, 3.8) is 0 Å². The van der Waals surface area contributed by atoms with Gasteiger partial charge in [0, 0.05) is 46.1 Å². The number of aliphatic carboxylic acids is 1. The lowest BCUT2D eigenvalue weighted by atomic mass is 9.95. The number of hydrogen-bond acceptors (Lipinski definition) is 5. The molecule has 0 aliphatic carbocycles. The molecule has 0 aromatic rings. The molecule has 1 heterocycles. The number of ether oxygens (including phenoxy) is 1. The first-order valence-corrected chi connectivity index (χ1v) is 14.5. The van der Waals surface area contributed by atoms with Crippen molar-refractivity contribution in [2.75, 3.05) is 27.3 Å². The zero-order chi connectivity index (χ0) is 27.7. The highest BCUT2D eigenvalue weighted by Crippen LogP contribution is 2.19. The van der Waals surface area contributed by atoms with Gasteiger partial charge in [0.2, 0.25) is 11.8 Å². The second-order valence-corrected chi connectivity index (χ2v) is 10.3. The van der Waals surface area contributed by atoms with E-state index in [-0.39, 0.29) is 17.7 Å². The molecule has 1 saturated heterocycles. The molecule has 8 nitrogen and oxygen atoms in total. The van der Waals surface area contributed by atoms with Crippen LogP contribution in [0.2, 0.25) is 0 Å². The predicted octanol–water partition coefficient (Wildman–Crippen LogP) is 5.52. The van der Waals surface area contributed by atoms with Crippen LogP contribution in [0.3, 0.4) is 0 Å². The SMILES string of the molecule is COC.C[C@H](C=O)NC(=O)C1CCN(C(=O)CCCCCCCCCCCCCCCCC(=O)O)CC1. The van der Waals surface area contributed by atoms with E-state index in [0.29, 0.717) is 38.8 Å². The normalized spacial score (nSPS) is 14.4. The second-order valence-electron chi connectivity index (χ2n) is 10.3. The fraction of sp³-hybridized carbons (Fsp3) is 0.862. The Kier molecular flexibility index (Phi) is 23.1. The Labute approximate surface area is 225 Å². The zero-order valence-electron chi connectivity index (χ0n) is 23.8. The van der Waals surface area contributed by atoms with Gasteiger partial charge in [-0.3, -0.25) is 14.4 Å². The van der Waals surface area contributed by atoms with Gasteiger partial charge in [-0.15, -0.1) is 0 Å². The number of methoxy groups -OCH3 is 1. The van der Waals surface area contributed by atoms with Crippen molar-refractivity contribution in [2.24, 2.45) is 5.92 Å². The molecule has 0 unspecified atom stereocenters. The van der Waals surface area contributed by atoms with E-state index < -0.39 is 12.0 Å². The van der Waals surface area contributed by atoms with Gasteiger partial charge < -0.3 is 24.9 Å². The summed E-state index contributed by atoms with van der Waals surface area (Å²) in [6.07, 6.45) is 19.5. The number of aldehydes is 1. The number of unbranched alkanes of at least 4 members (excludes halogenated alkanes) is 13. The van der Waals surface area contributed by atoms with E-state index in [1.165, 1.54) is 57.8 Å². The van der Waals surface area contributed by atoms with E-state index in [4.69, 9.17) is 5.11 Å². The summed E-state index contributed by atoms with van der Waals surface area (Å²) in [5.74, 6) is -0.642. The number of nitrogens with one attached hydrogen (secondary N) is 1. The summed E-state index contributed by atoms with van der Waals surface area (Å²) in [7, 11) is 3.25. The minimum Gasteiger partial charge on any atom is -0.481 e. The van der Waals surface area contributed by atoms with Crippen LogP contribution in [-0.4, -0.2) is 67.4 Å². The summed E-state index contributed by atoms with van der Waals surface area (Å²) in [5, 5.41) is 11.3. The molecule has 1 aliphatic heterocycles. The molecule has 0 radical (unpaired) electrons. The summed E-state index contributed by atoms with van der Waals surface area (Å²) < 4.78 is 4.25. The van der Waals surface area contributed by atoms with Crippen molar-refractivity contribution >= 4 is 24.1 Å². The molecule has 2 N–H and O–H groups in total. The third-order valence-electron chi connectivity index (χ3n) is 6.82. The quantitative estimate of drug-likeness (QED) is 0.160. The average molecular weight is 527 g/mol. The number of carboxylic acids is 1. The molecule has 2 amide bonds. The fourth-order valence-electron chi connectivity index (χ4n) is 4.60. The number of rotatable bonds is 20. The van der Waals surface area contributed by atoms with Crippen LogP contribution in [0.15, 0.2) is 0 Å². The van der Waals surface area contributed by atoms with Crippen LogP contribution in [-0.2, 0) is 23.9 Å². The lowest BCUT2D eigenvalue weighted by Crippen LogP contribution is -2.45. The van der Waals surface area contributed by atoms with Crippen LogP contribution >= 0.6 is 0 Å². The van der Waals surface area contributed by atoms with E-state index in [1.807, 2.05) is 4.90 Å². The van der Waals surface area contributed by atoms with Gasteiger partial charge in [0.25, 0.3) is 0 Å². The summed E-state index contributed by atoms with van der Waals surface area (Å²) in [4.78, 5) is 47.5. The number of carbonyl (C=O) groups excluding carboxylic acids is 3. The highest BCUT2D eigenvalue weighted by atomic mass is 16.4. The van der Waals surface area contributed by atoms with Gasteiger partial charge in [0.05, 0.1) is 6.04 Å². The zero-order valence-corrected chi connectivity index (χ0v) is 23.8. The Balaban J connectivity index is 0.00000410. The highest BCUT2D eigenvalue weighted by Gasteiger charge is 2.27. The molecule has 8 heteroatoms. The molecule has 1 rings (SSSR count). The first kappa shape index (κ1) is 35.0. The summed E-state index contributed by atoms with van der Waals surface area (Å²) in [6, 6.07) is -0.452. The molecular weight excluding hydrogens is 472 g/mol. The minimum absolute atomic E-state index is 0.0725. The molecule has 216 valence electrons. The van der Waals surface area contributed by atoms with Crippen molar-refractivity contribution in [1.82, 2.24) is 10.2 Å². The van der Waals surface area contributed by atoms with Gasteiger partial charge in [-0.05, 0) is 32.6 Å². The number of likely N-dealkylation sites (tertiary alicyclic amines) is 1. The number of amides is 2. The Hall–Kier alpha value is -1.96. The number of carboxylic acid groups (broad SMARTS) is 1. The van der Waals surface area contributed by atoms with Gasteiger partial charge in [-0.1, -0.05) is 77.0 Å². The smallest absolute Gasteiger partial charge is 0.303 e. The van der Waals surface area contributed by atoms with E-state index >= 15 is 0 Å². The van der Waals surface area contributed by atoms with Crippen LogP contribution in [0.5, 0.6) is 0 Å². The number of piperidine rings is 1. The molecule has 0 saturated carbocycles. The average Bonchev–Trinajstić information content (AvgIpc) is 2.88. The highest BCUT2D eigenvalue weighted by molar-refractivity contribution is 5.82. The maximum absolute atomic E-state index is 12.4. The third-order valence-corrected chi connectivity index (χ3v) is 6.82. The van der Waals surface area contributed by atoms with Crippen LogP contribution in [0.25, 0.3) is 0 Å². The van der Waals surface area contributed by atoms with Gasteiger partial charge >= 0.3 is 5.97 Å². The van der Waals surface area contributed by atoms with Gasteiger partial charge in [0.1, 0.15) is 6.29 Å².